The van der Waals surface area contributed by atoms with E-state index in [1.165, 1.54) is 6.20 Å². The number of nitrogens with two attached hydrogens (primary N) is 1. The number of nitrogen functional groups attached to an aromatic ring is 1. The van der Waals surface area contributed by atoms with Crippen LogP contribution in [0.2, 0.25) is 10.0 Å². The van der Waals surface area contributed by atoms with Crippen LogP contribution in [-0.2, 0) is 0 Å². The predicted molar refractivity (Wildman–Crippen MR) is 69.9 cm³/mol. The molecule has 88 valence electrons. The maximum atomic E-state index is 6.00. The molecule has 1 aromatic heterocycles. The summed E-state index contributed by atoms with van der Waals surface area (Å²) < 4.78 is 5.59. The summed E-state index contributed by atoms with van der Waals surface area (Å²) in [6.45, 7) is 1.86. The van der Waals surface area contributed by atoms with Crippen molar-refractivity contribution in [3.63, 3.8) is 0 Å². The Morgan fingerprint density at radius 3 is 2.65 bits per heavy atom. The minimum atomic E-state index is 0.440. The van der Waals surface area contributed by atoms with E-state index >= 15 is 0 Å². The zero-order valence-electron chi connectivity index (χ0n) is 9.08. The summed E-state index contributed by atoms with van der Waals surface area (Å²) in [4.78, 5) is 4.10. The topological polar surface area (TPSA) is 48.1 Å². The summed E-state index contributed by atoms with van der Waals surface area (Å²) in [7, 11) is 0. The summed E-state index contributed by atoms with van der Waals surface area (Å²) in [5, 5.41) is 1.000. The van der Waals surface area contributed by atoms with Gasteiger partial charge in [0.05, 0.1) is 16.9 Å². The fraction of sp³-hybridized carbons (Fsp3) is 0.0833. The fourth-order valence-corrected chi connectivity index (χ4v) is 1.80. The monoisotopic (exact) mass is 268 g/mol. The third-order valence-electron chi connectivity index (χ3n) is 2.15. The Morgan fingerprint density at radius 2 is 2.00 bits per heavy atom. The highest BCUT2D eigenvalue weighted by Gasteiger charge is 2.07. The molecule has 0 fully saturated rings. The lowest BCUT2D eigenvalue weighted by Crippen LogP contribution is -1.94. The van der Waals surface area contributed by atoms with Gasteiger partial charge in [-0.15, -0.1) is 0 Å². The minimum absolute atomic E-state index is 0.440. The van der Waals surface area contributed by atoms with Gasteiger partial charge >= 0.3 is 0 Å². The van der Waals surface area contributed by atoms with Crippen LogP contribution in [-0.4, -0.2) is 4.98 Å². The zero-order valence-corrected chi connectivity index (χ0v) is 10.6. The van der Waals surface area contributed by atoms with Crippen LogP contribution in [0.1, 0.15) is 5.56 Å². The van der Waals surface area contributed by atoms with Crippen LogP contribution >= 0.6 is 23.2 Å². The number of benzene rings is 1. The van der Waals surface area contributed by atoms with Crippen LogP contribution in [0, 0.1) is 6.92 Å². The molecule has 0 saturated carbocycles. The molecule has 0 amide bonds. The molecule has 1 heterocycles. The largest absolute Gasteiger partial charge is 0.437 e. The van der Waals surface area contributed by atoms with Gasteiger partial charge in [0, 0.05) is 10.6 Å². The molecule has 2 N–H and O–H groups in total. The van der Waals surface area contributed by atoms with Gasteiger partial charge in [-0.1, -0.05) is 23.2 Å². The molecule has 0 bridgehead atoms. The van der Waals surface area contributed by atoms with Crippen molar-refractivity contribution in [3.8, 4) is 11.6 Å². The zero-order chi connectivity index (χ0) is 12.4. The van der Waals surface area contributed by atoms with Gasteiger partial charge in [-0.05, 0) is 31.2 Å². The first kappa shape index (κ1) is 12.0. The van der Waals surface area contributed by atoms with Crippen molar-refractivity contribution in [3.05, 3.63) is 46.1 Å². The highest BCUT2D eigenvalue weighted by Crippen LogP contribution is 2.32. The molecule has 5 heteroatoms. The molecule has 3 nitrogen and oxygen atoms in total. The molecule has 0 atom stereocenters. The average molecular weight is 269 g/mol. The van der Waals surface area contributed by atoms with Gasteiger partial charge in [0.1, 0.15) is 5.75 Å². The van der Waals surface area contributed by atoms with Crippen LogP contribution in [0.25, 0.3) is 0 Å². The predicted octanol–water partition coefficient (Wildman–Crippen LogP) is 4.07. The molecule has 0 aliphatic rings. The van der Waals surface area contributed by atoms with E-state index in [9.17, 15) is 0 Å². The number of halogens is 2. The van der Waals surface area contributed by atoms with Gasteiger partial charge in [-0.2, -0.15) is 0 Å². The van der Waals surface area contributed by atoms with Crippen LogP contribution in [0.4, 0.5) is 5.69 Å². The van der Waals surface area contributed by atoms with Gasteiger partial charge in [-0.3, -0.25) is 0 Å². The molecule has 2 aromatic rings. The second kappa shape index (κ2) is 4.82. The Hall–Kier alpha value is -1.45. The quantitative estimate of drug-likeness (QED) is 0.893. The maximum absolute atomic E-state index is 6.00. The minimum Gasteiger partial charge on any atom is -0.437 e. The lowest BCUT2D eigenvalue weighted by Gasteiger charge is -2.09. The van der Waals surface area contributed by atoms with Gasteiger partial charge in [-0.25, -0.2) is 4.98 Å². The van der Waals surface area contributed by atoms with Crippen LogP contribution < -0.4 is 10.5 Å². The van der Waals surface area contributed by atoms with Gasteiger partial charge in [0.25, 0.3) is 0 Å². The van der Waals surface area contributed by atoms with Gasteiger partial charge in [0.15, 0.2) is 0 Å². The number of aryl methyl sites for hydroxylation is 1. The molecule has 0 unspecified atom stereocenters. The van der Waals surface area contributed by atoms with Crippen molar-refractivity contribution in [2.24, 2.45) is 0 Å². The number of anilines is 1. The summed E-state index contributed by atoms with van der Waals surface area (Å²) >= 11 is 11.8. The average Bonchev–Trinajstić information content (AvgIpc) is 2.25. The van der Waals surface area contributed by atoms with Crippen molar-refractivity contribution >= 4 is 28.9 Å². The second-order valence-corrected chi connectivity index (χ2v) is 4.41. The van der Waals surface area contributed by atoms with Crippen molar-refractivity contribution in [1.29, 1.82) is 0 Å². The Labute approximate surface area is 109 Å². The number of hydrogen-bond acceptors (Lipinski definition) is 3. The fourth-order valence-electron chi connectivity index (χ4n) is 1.35. The Kier molecular flexibility index (Phi) is 3.41. The second-order valence-electron chi connectivity index (χ2n) is 3.57. The summed E-state index contributed by atoms with van der Waals surface area (Å²) in [5.74, 6) is 0.986. The van der Waals surface area contributed by atoms with Crippen molar-refractivity contribution in [2.45, 2.75) is 6.92 Å². The number of pyridine rings is 1. The highest BCUT2D eigenvalue weighted by molar-refractivity contribution is 6.35. The van der Waals surface area contributed by atoms with E-state index in [1.807, 2.05) is 6.92 Å². The van der Waals surface area contributed by atoms with Crippen LogP contribution in [0.5, 0.6) is 11.6 Å². The molecule has 0 saturated heterocycles. The SMILES string of the molecule is Cc1cc(N)cnc1Oc1ccc(Cl)cc1Cl. The van der Waals surface area contributed by atoms with E-state index in [0.717, 1.165) is 5.56 Å². The molecule has 1 aromatic carbocycles. The third-order valence-corrected chi connectivity index (χ3v) is 2.68. The molecular weight excluding hydrogens is 259 g/mol. The number of aromatic nitrogens is 1. The molecule has 2 rings (SSSR count). The standard InChI is InChI=1S/C12H10Cl2N2O/c1-7-4-9(15)6-16-12(7)17-11-3-2-8(13)5-10(11)14/h2-6H,15H2,1H3. The van der Waals surface area contributed by atoms with Crippen molar-refractivity contribution < 1.29 is 4.74 Å². The maximum Gasteiger partial charge on any atom is 0.222 e. The summed E-state index contributed by atoms with van der Waals surface area (Å²) in [6.07, 6.45) is 1.53. The van der Waals surface area contributed by atoms with Crippen molar-refractivity contribution in [2.75, 3.05) is 5.73 Å². The lowest BCUT2D eigenvalue weighted by atomic mass is 10.3. The van der Waals surface area contributed by atoms with E-state index in [-0.39, 0.29) is 0 Å². The lowest BCUT2D eigenvalue weighted by molar-refractivity contribution is 0.459. The smallest absolute Gasteiger partial charge is 0.222 e. The van der Waals surface area contributed by atoms with Crippen LogP contribution in [0.15, 0.2) is 30.5 Å². The highest BCUT2D eigenvalue weighted by atomic mass is 35.5. The number of ether oxygens (including phenoxy) is 1. The summed E-state index contributed by atoms with van der Waals surface area (Å²) in [5.41, 5.74) is 7.05. The first-order valence-electron chi connectivity index (χ1n) is 4.91. The number of rotatable bonds is 2. The van der Waals surface area contributed by atoms with Gasteiger partial charge < -0.3 is 10.5 Å². The third kappa shape index (κ3) is 2.81. The van der Waals surface area contributed by atoms with E-state index in [2.05, 4.69) is 4.98 Å². The van der Waals surface area contributed by atoms with Crippen molar-refractivity contribution in [1.82, 2.24) is 4.98 Å². The Balaban J connectivity index is 2.31. The Bertz CT molecular complexity index is 509. The molecule has 0 aliphatic heterocycles. The molecule has 0 aliphatic carbocycles. The first-order valence-corrected chi connectivity index (χ1v) is 5.67. The van der Waals surface area contributed by atoms with Crippen LogP contribution in [0.3, 0.4) is 0 Å². The molecule has 17 heavy (non-hydrogen) atoms. The molecule has 0 radical (unpaired) electrons. The molecule has 0 spiro atoms. The number of nitrogens with zero attached hydrogens (tertiary/aromatic N) is 1. The summed E-state index contributed by atoms with van der Waals surface area (Å²) in [6, 6.07) is 6.80. The first-order chi connectivity index (χ1) is 8.06. The Morgan fingerprint density at radius 1 is 1.24 bits per heavy atom. The van der Waals surface area contributed by atoms with E-state index < -0.39 is 0 Å². The molecular formula is C12H10Cl2N2O. The van der Waals surface area contributed by atoms with E-state index in [1.54, 1.807) is 24.3 Å². The van der Waals surface area contributed by atoms with E-state index in [4.69, 9.17) is 33.7 Å². The number of hydrogen-bond donors (Lipinski definition) is 1. The normalized spacial score (nSPS) is 10.3. The van der Waals surface area contributed by atoms with E-state index in [0.29, 0.717) is 27.4 Å². The van der Waals surface area contributed by atoms with Gasteiger partial charge in [0.2, 0.25) is 5.88 Å².